The van der Waals surface area contributed by atoms with Gasteiger partial charge in [-0.15, -0.1) is 22.7 Å². The lowest BCUT2D eigenvalue weighted by Crippen LogP contribution is -2.21. The first-order valence-corrected chi connectivity index (χ1v) is 8.72. The lowest BCUT2D eigenvalue weighted by Gasteiger charge is -1.99. The Hall–Kier alpha value is -1.32. The Bertz CT molecular complexity index is 661. The van der Waals surface area contributed by atoms with E-state index in [-0.39, 0.29) is 22.5 Å². The predicted octanol–water partition coefficient (Wildman–Crippen LogP) is 1.32. The molecule has 19 heavy (non-hydrogen) atoms. The highest BCUT2D eigenvalue weighted by molar-refractivity contribution is 7.93. The van der Waals surface area contributed by atoms with Gasteiger partial charge in [-0.3, -0.25) is 9.78 Å². The van der Waals surface area contributed by atoms with Crippen LogP contribution in [0.25, 0.3) is 0 Å². The highest BCUT2D eigenvalue weighted by Gasteiger charge is 2.16. The van der Waals surface area contributed by atoms with Gasteiger partial charge in [0, 0.05) is 11.1 Å². The third kappa shape index (κ3) is 3.37. The van der Waals surface area contributed by atoms with Crippen molar-refractivity contribution in [2.24, 2.45) is 0 Å². The molecule has 2 aromatic rings. The molecule has 0 bridgehead atoms. The summed E-state index contributed by atoms with van der Waals surface area (Å²) in [5, 5.41) is 2.69. The summed E-state index contributed by atoms with van der Waals surface area (Å²) in [6.45, 7) is 1.83. The molecule has 2 aromatic heterocycles. The van der Waals surface area contributed by atoms with Crippen molar-refractivity contribution in [1.82, 2.24) is 15.3 Å². The van der Waals surface area contributed by atoms with Crippen molar-refractivity contribution in [1.29, 1.82) is 0 Å². The number of hydrogen-bond acceptors (Lipinski definition) is 7. The summed E-state index contributed by atoms with van der Waals surface area (Å²) in [5.74, 6) is -0.205. The number of hydrogen-bond donors (Lipinski definition) is 1. The van der Waals surface area contributed by atoms with E-state index in [4.69, 9.17) is 0 Å². The fraction of sp³-hybridized carbons (Fsp3) is 0.300. The fourth-order valence-electron chi connectivity index (χ4n) is 1.22. The number of thiazole rings is 2. The summed E-state index contributed by atoms with van der Waals surface area (Å²) in [4.78, 5) is 20.6. The van der Waals surface area contributed by atoms with Gasteiger partial charge in [0.15, 0.2) is 0 Å². The van der Waals surface area contributed by atoms with E-state index in [0.29, 0.717) is 9.75 Å². The highest BCUT2D eigenvalue weighted by atomic mass is 32.2. The van der Waals surface area contributed by atoms with E-state index in [1.54, 1.807) is 12.4 Å². The molecule has 102 valence electrons. The second-order valence-corrected chi connectivity index (χ2v) is 8.00. The SMILES string of the molecule is CCS(=O)(=O)c1ncc(CNC(=O)c2cncs2)s1. The minimum atomic E-state index is -3.27. The van der Waals surface area contributed by atoms with E-state index in [2.05, 4.69) is 15.3 Å². The summed E-state index contributed by atoms with van der Waals surface area (Å²) >= 11 is 2.33. The van der Waals surface area contributed by atoms with E-state index >= 15 is 0 Å². The van der Waals surface area contributed by atoms with Crippen LogP contribution in [0.3, 0.4) is 0 Å². The maximum atomic E-state index is 11.7. The molecule has 0 aliphatic rings. The number of nitrogens with zero attached hydrogens (tertiary/aromatic N) is 2. The Kier molecular flexibility index (Phi) is 4.27. The van der Waals surface area contributed by atoms with Crippen molar-refractivity contribution in [3.8, 4) is 0 Å². The van der Waals surface area contributed by atoms with Gasteiger partial charge in [0.25, 0.3) is 5.91 Å². The van der Waals surface area contributed by atoms with Crippen LogP contribution in [-0.4, -0.2) is 30.0 Å². The first-order chi connectivity index (χ1) is 9.03. The summed E-state index contributed by atoms with van der Waals surface area (Å²) in [6, 6.07) is 0. The number of amides is 1. The number of nitrogens with one attached hydrogen (secondary N) is 1. The molecule has 0 aliphatic carbocycles. The third-order valence-corrected chi connectivity index (χ3v) is 6.23. The Labute approximate surface area is 118 Å². The molecular formula is C10H11N3O3S3. The van der Waals surface area contributed by atoms with E-state index in [1.807, 2.05) is 0 Å². The summed E-state index contributed by atoms with van der Waals surface area (Å²) in [7, 11) is -3.27. The van der Waals surface area contributed by atoms with E-state index in [9.17, 15) is 13.2 Å². The summed E-state index contributed by atoms with van der Waals surface area (Å²) < 4.78 is 23.3. The van der Waals surface area contributed by atoms with Gasteiger partial charge in [-0.05, 0) is 0 Å². The van der Waals surface area contributed by atoms with Gasteiger partial charge in [0.2, 0.25) is 14.2 Å². The first kappa shape index (κ1) is 14.1. The summed E-state index contributed by atoms with van der Waals surface area (Å²) in [6.07, 6.45) is 2.96. The molecule has 0 fully saturated rings. The minimum Gasteiger partial charge on any atom is -0.346 e. The van der Waals surface area contributed by atoms with Crippen molar-refractivity contribution in [2.45, 2.75) is 17.8 Å². The average Bonchev–Trinajstić information content (AvgIpc) is 3.07. The van der Waals surface area contributed by atoms with Gasteiger partial charge in [-0.1, -0.05) is 6.92 Å². The monoisotopic (exact) mass is 317 g/mol. The second-order valence-electron chi connectivity index (χ2n) is 3.54. The van der Waals surface area contributed by atoms with Gasteiger partial charge in [-0.25, -0.2) is 13.4 Å². The topological polar surface area (TPSA) is 89.0 Å². The molecule has 0 aliphatic heterocycles. The van der Waals surface area contributed by atoms with E-state index in [0.717, 1.165) is 11.3 Å². The van der Waals surface area contributed by atoms with Crippen molar-refractivity contribution in [3.63, 3.8) is 0 Å². The Morgan fingerprint density at radius 3 is 2.84 bits per heavy atom. The van der Waals surface area contributed by atoms with Crippen molar-refractivity contribution >= 4 is 38.4 Å². The average molecular weight is 317 g/mol. The molecule has 2 rings (SSSR count). The fourth-order valence-corrected chi connectivity index (χ4v) is 3.98. The Morgan fingerprint density at radius 1 is 1.42 bits per heavy atom. The maximum absolute atomic E-state index is 11.7. The minimum absolute atomic E-state index is 0.0210. The molecule has 6 nitrogen and oxygen atoms in total. The number of carbonyl (C=O) groups excluding carboxylic acids is 1. The van der Waals surface area contributed by atoms with Crippen LogP contribution in [0.15, 0.2) is 22.2 Å². The molecule has 0 radical (unpaired) electrons. The molecule has 9 heteroatoms. The molecule has 0 spiro atoms. The van der Waals surface area contributed by atoms with Crippen LogP contribution in [0.2, 0.25) is 0 Å². The number of rotatable bonds is 5. The quantitative estimate of drug-likeness (QED) is 0.898. The zero-order chi connectivity index (χ0) is 13.9. The first-order valence-electron chi connectivity index (χ1n) is 5.37. The van der Waals surface area contributed by atoms with Crippen LogP contribution < -0.4 is 5.32 Å². The number of aromatic nitrogens is 2. The van der Waals surface area contributed by atoms with Crippen molar-refractivity contribution < 1.29 is 13.2 Å². The Morgan fingerprint density at radius 2 is 2.21 bits per heavy atom. The molecule has 0 saturated heterocycles. The molecule has 1 N–H and O–H groups in total. The van der Waals surface area contributed by atoms with Crippen molar-refractivity contribution in [2.75, 3.05) is 5.75 Å². The molecular weight excluding hydrogens is 306 g/mol. The normalized spacial score (nSPS) is 11.4. The molecule has 0 unspecified atom stereocenters. The largest absolute Gasteiger partial charge is 0.346 e. The summed E-state index contributed by atoms with van der Waals surface area (Å²) in [5.41, 5.74) is 1.58. The molecule has 1 amide bonds. The number of sulfone groups is 1. The van der Waals surface area contributed by atoms with Gasteiger partial charge >= 0.3 is 0 Å². The van der Waals surface area contributed by atoms with Gasteiger partial charge in [0.1, 0.15) is 4.88 Å². The smallest absolute Gasteiger partial charge is 0.263 e. The van der Waals surface area contributed by atoms with E-state index in [1.165, 1.54) is 23.7 Å². The maximum Gasteiger partial charge on any atom is 0.263 e. The zero-order valence-electron chi connectivity index (χ0n) is 9.99. The van der Waals surface area contributed by atoms with Crippen LogP contribution in [-0.2, 0) is 16.4 Å². The van der Waals surface area contributed by atoms with Crippen molar-refractivity contribution in [3.05, 3.63) is 27.7 Å². The lowest BCUT2D eigenvalue weighted by atomic mass is 10.4. The van der Waals surface area contributed by atoms with Crippen LogP contribution in [0.5, 0.6) is 0 Å². The second kappa shape index (κ2) is 5.76. The third-order valence-electron chi connectivity index (χ3n) is 2.26. The van der Waals surface area contributed by atoms with Gasteiger partial charge in [0.05, 0.1) is 24.0 Å². The van der Waals surface area contributed by atoms with E-state index < -0.39 is 9.84 Å². The number of carbonyl (C=O) groups is 1. The van der Waals surface area contributed by atoms with Crippen LogP contribution in [0, 0.1) is 0 Å². The van der Waals surface area contributed by atoms with Crippen LogP contribution >= 0.6 is 22.7 Å². The molecule has 0 aromatic carbocycles. The molecule has 0 saturated carbocycles. The molecule has 0 atom stereocenters. The highest BCUT2D eigenvalue weighted by Crippen LogP contribution is 2.19. The lowest BCUT2D eigenvalue weighted by molar-refractivity contribution is 0.0955. The zero-order valence-corrected chi connectivity index (χ0v) is 12.4. The molecule has 2 heterocycles. The predicted molar refractivity (Wildman–Crippen MR) is 73.1 cm³/mol. The van der Waals surface area contributed by atoms with Gasteiger partial charge < -0.3 is 5.32 Å². The van der Waals surface area contributed by atoms with Crippen LogP contribution in [0.1, 0.15) is 21.5 Å². The van der Waals surface area contributed by atoms with Crippen LogP contribution in [0.4, 0.5) is 0 Å². The van der Waals surface area contributed by atoms with Gasteiger partial charge in [-0.2, -0.15) is 0 Å². The standard InChI is InChI=1S/C10H11N3O3S3/c1-2-19(15,16)10-13-4-7(18-10)3-12-9(14)8-5-11-6-17-8/h4-6H,2-3H2,1H3,(H,12,14). The Balaban J connectivity index is 2.00.